The highest BCUT2D eigenvalue weighted by molar-refractivity contribution is 7.14. The number of thiazole rings is 1. The molecule has 1 heterocycles. The molecular weight excluding hydrogens is 436 g/mol. The van der Waals surface area contributed by atoms with Crippen LogP contribution in [-0.4, -0.2) is 28.0 Å². The van der Waals surface area contributed by atoms with Gasteiger partial charge in [-0.3, -0.25) is 9.69 Å². The van der Waals surface area contributed by atoms with Crippen LogP contribution < -0.4 is 9.64 Å². The Bertz CT molecular complexity index is 1120. The first-order valence-corrected chi connectivity index (χ1v) is 12.0. The third kappa shape index (κ3) is 5.42. The summed E-state index contributed by atoms with van der Waals surface area (Å²) >= 11 is 1.20. The lowest BCUT2D eigenvalue weighted by molar-refractivity contribution is 0.0690. The average molecular weight is 465 g/mol. The fraction of sp³-hybridized carbons (Fsp3) is 0.346. The van der Waals surface area contributed by atoms with Crippen molar-refractivity contribution < 1.29 is 19.4 Å². The summed E-state index contributed by atoms with van der Waals surface area (Å²) in [7, 11) is 0. The molecule has 1 unspecified atom stereocenters. The van der Waals surface area contributed by atoms with Gasteiger partial charge in [-0.2, -0.15) is 0 Å². The number of aromatic carboxylic acids is 1. The Morgan fingerprint density at radius 2 is 1.73 bits per heavy atom. The van der Waals surface area contributed by atoms with Gasteiger partial charge in [-0.1, -0.05) is 39.0 Å². The second kappa shape index (κ2) is 9.35. The second-order valence-electron chi connectivity index (χ2n) is 9.50. The highest BCUT2D eigenvalue weighted by Crippen LogP contribution is 2.42. The van der Waals surface area contributed by atoms with Crippen molar-refractivity contribution in [3.05, 3.63) is 71.2 Å². The Hall–Kier alpha value is -3.19. The van der Waals surface area contributed by atoms with E-state index in [1.807, 2.05) is 30.3 Å². The molecule has 6 nitrogen and oxygen atoms in total. The Morgan fingerprint density at radius 3 is 2.33 bits per heavy atom. The molecule has 1 saturated carbocycles. The van der Waals surface area contributed by atoms with Crippen LogP contribution in [0.1, 0.15) is 60.9 Å². The first-order valence-electron chi connectivity index (χ1n) is 11.1. The summed E-state index contributed by atoms with van der Waals surface area (Å²) in [6, 6.07) is 16.5. The molecule has 1 fully saturated rings. The van der Waals surface area contributed by atoms with Gasteiger partial charge >= 0.3 is 5.97 Å². The molecule has 0 bridgehead atoms. The zero-order valence-electron chi connectivity index (χ0n) is 19.0. The maximum atomic E-state index is 13.7. The predicted octanol–water partition coefficient (Wildman–Crippen LogP) is 6.50. The number of rotatable bonds is 6. The third-order valence-corrected chi connectivity index (χ3v) is 6.79. The predicted molar refractivity (Wildman–Crippen MR) is 129 cm³/mol. The molecule has 0 saturated heterocycles. The van der Waals surface area contributed by atoms with Crippen LogP contribution >= 0.6 is 11.3 Å². The van der Waals surface area contributed by atoms with E-state index >= 15 is 0 Å². The van der Waals surface area contributed by atoms with Crippen LogP contribution in [-0.2, 0) is 0 Å². The minimum absolute atomic E-state index is 0.0393. The topological polar surface area (TPSA) is 79.7 Å². The number of carboxylic acids is 1. The van der Waals surface area contributed by atoms with Crippen molar-refractivity contribution >= 4 is 28.3 Å². The van der Waals surface area contributed by atoms with Gasteiger partial charge in [-0.05, 0) is 67.0 Å². The van der Waals surface area contributed by atoms with Crippen LogP contribution in [0.5, 0.6) is 11.5 Å². The molecule has 0 spiro atoms. The van der Waals surface area contributed by atoms with Gasteiger partial charge in [-0.15, -0.1) is 11.3 Å². The van der Waals surface area contributed by atoms with Crippen molar-refractivity contribution in [2.75, 3.05) is 4.90 Å². The Balaban J connectivity index is 1.63. The number of benzene rings is 2. The van der Waals surface area contributed by atoms with Crippen LogP contribution in [0, 0.1) is 11.3 Å². The van der Waals surface area contributed by atoms with Crippen molar-refractivity contribution in [3.63, 3.8) is 0 Å². The number of aromatic nitrogens is 1. The average Bonchev–Trinajstić information content (AvgIpc) is 3.24. The molecule has 2 aromatic carbocycles. The van der Waals surface area contributed by atoms with Gasteiger partial charge in [0.15, 0.2) is 10.8 Å². The lowest BCUT2D eigenvalue weighted by atomic mass is 9.70. The molecule has 0 radical (unpaired) electrons. The van der Waals surface area contributed by atoms with Crippen LogP contribution in [0.4, 0.5) is 5.13 Å². The van der Waals surface area contributed by atoms with E-state index in [-0.39, 0.29) is 23.1 Å². The summed E-state index contributed by atoms with van der Waals surface area (Å²) < 4.78 is 5.85. The molecule has 1 aliphatic carbocycles. The second-order valence-corrected chi connectivity index (χ2v) is 10.3. The Labute approximate surface area is 197 Å². The van der Waals surface area contributed by atoms with E-state index in [1.165, 1.54) is 16.7 Å². The molecule has 0 aliphatic heterocycles. The molecule has 1 aromatic heterocycles. The number of hydrogen-bond acceptors (Lipinski definition) is 5. The van der Waals surface area contributed by atoms with Crippen molar-refractivity contribution in [2.24, 2.45) is 11.3 Å². The number of para-hydroxylation sites is 1. The fourth-order valence-electron chi connectivity index (χ4n) is 4.80. The summed E-state index contributed by atoms with van der Waals surface area (Å²) in [5, 5.41) is 11.3. The van der Waals surface area contributed by atoms with Crippen LogP contribution in [0.25, 0.3) is 0 Å². The highest BCUT2D eigenvalue weighted by Gasteiger charge is 2.38. The van der Waals surface area contributed by atoms with Crippen LogP contribution in [0.2, 0.25) is 0 Å². The maximum absolute atomic E-state index is 13.7. The zero-order chi connectivity index (χ0) is 23.6. The van der Waals surface area contributed by atoms with E-state index in [1.54, 1.807) is 29.2 Å². The summed E-state index contributed by atoms with van der Waals surface area (Å²) in [6.45, 7) is 6.65. The number of nitrogens with zero attached hydrogens (tertiary/aromatic N) is 2. The lowest BCUT2D eigenvalue weighted by Crippen LogP contribution is -2.46. The smallest absolute Gasteiger partial charge is 0.355 e. The van der Waals surface area contributed by atoms with E-state index in [0.29, 0.717) is 22.4 Å². The standard InChI is InChI=1S/C26H28N2O4S/c1-17-13-19(15-26(2,3)14-17)28(25-27-22(16-33-25)24(30)31)23(29)18-9-11-21(12-10-18)32-20-7-5-4-6-8-20/h4-12,16-17,19H,13-15H2,1-3H3,(H,30,31)/t17-,19?/m1/s1. The van der Waals surface area contributed by atoms with Crippen LogP contribution in [0.15, 0.2) is 60.0 Å². The minimum atomic E-state index is -1.09. The number of carboxylic acid groups (broad SMARTS) is 1. The highest BCUT2D eigenvalue weighted by atomic mass is 32.1. The normalized spacial score (nSPS) is 19.6. The zero-order valence-corrected chi connectivity index (χ0v) is 19.8. The van der Waals surface area contributed by atoms with Crippen molar-refractivity contribution in [1.82, 2.24) is 4.98 Å². The molecule has 33 heavy (non-hydrogen) atoms. The minimum Gasteiger partial charge on any atom is -0.476 e. The maximum Gasteiger partial charge on any atom is 0.355 e. The Morgan fingerprint density at radius 1 is 1.06 bits per heavy atom. The lowest BCUT2D eigenvalue weighted by Gasteiger charge is -2.43. The van der Waals surface area contributed by atoms with E-state index < -0.39 is 5.97 Å². The molecule has 4 rings (SSSR count). The first-order chi connectivity index (χ1) is 15.7. The monoisotopic (exact) mass is 464 g/mol. The quantitative estimate of drug-likeness (QED) is 0.451. The first kappa shape index (κ1) is 23.0. The molecular formula is C26H28N2O4S. The van der Waals surface area contributed by atoms with Crippen molar-refractivity contribution in [2.45, 2.75) is 46.1 Å². The summed E-state index contributed by atoms with van der Waals surface area (Å²) in [4.78, 5) is 31.1. The van der Waals surface area contributed by atoms with E-state index in [9.17, 15) is 14.7 Å². The molecule has 1 amide bonds. The van der Waals surface area contributed by atoms with Crippen molar-refractivity contribution in [1.29, 1.82) is 0 Å². The summed E-state index contributed by atoms with van der Waals surface area (Å²) in [5.41, 5.74) is 0.558. The summed E-state index contributed by atoms with van der Waals surface area (Å²) in [5.74, 6) is 0.543. The van der Waals surface area contributed by atoms with E-state index in [2.05, 4.69) is 25.8 Å². The number of carbonyl (C=O) groups excluding carboxylic acids is 1. The van der Waals surface area contributed by atoms with Gasteiger partial charge in [-0.25, -0.2) is 9.78 Å². The molecule has 3 aromatic rings. The molecule has 1 N–H and O–H groups in total. The number of ether oxygens (including phenoxy) is 1. The van der Waals surface area contributed by atoms with E-state index in [0.717, 1.165) is 25.0 Å². The number of anilines is 1. The summed E-state index contributed by atoms with van der Waals surface area (Å²) in [6.07, 6.45) is 2.78. The molecule has 172 valence electrons. The van der Waals surface area contributed by atoms with Gasteiger partial charge in [0.2, 0.25) is 0 Å². The van der Waals surface area contributed by atoms with E-state index in [4.69, 9.17) is 4.74 Å². The van der Waals surface area contributed by atoms with Gasteiger partial charge in [0.05, 0.1) is 0 Å². The number of carbonyl (C=O) groups is 2. The van der Waals surface area contributed by atoms with Crippen molar-refractivity contribution in [3.8, 4) is 11.5 Å². The van der Waals surface area contributed by atoms with Gasteiger partial charge in [0.25, 0.3) is 5.91 Å². The third-order valence-electron chi connectivity index (χ3n) is 5.95. The number of hydrogen-bond donors (Lipinski definition) is 1. The molecule has 2 atom stereocenters. The molecule has 1 aliphatic rings. The van der Waals surface area contributed by atoms with Gasteiger partial charge in [0, 0.05) is 17.0 Å². The molecule has 7 heteroatoms. The SMILES string of the molecule is C[C@@H]1CC(N(C(=O)c2ccc(Oc3ccccc3)cc2)c2nc(C(=O)O)cs2)CC(C)(C)C1. The van der Waals surface area contributed by atoms with Gasteiger partial charge in [0.1, 0.15) is 11.5 Å². The van der Waals surface area contributed by atoms with Crippen LogP contribution in [0.3, 0.4) is 0 Å². The Kier molecular flexibility index (Phi) is 6.51. The van der Waals surface area contributed by atoms with Gasteiger partial charge < -0.3 is 9.84 Å². The number of amides is 1. The largest absolute Gasteiger partial charge is 0.476 e. The fourth-order valence-corrected chi connectivity index (χ4v) is 5.67.